The maximum Gasteiger partial charge on any atom is 0.183 e. The molecule has 0 unspecified atom stereocenters. The van der Waals surface area contributed by atoms with Crippen molar-refractivity contribution in [3.8, 4) is 10.7 Å². The molecule has 1 N–H and O–H groups in total. The van der Waals surface area contributed by atoms with Gasteiger partial charge in [0.2, 0.25) is 0 Å². The van der Waals surface area contributed by atoms with Gasteiger partial charge in [-0.15, -0.1) is 0 Å². The molecule has 0 aliphatic rings. The van der Waals surface area contributed by atoms with Crippen LogP contribution in [-0.4, -0.2) is 21.5 Å². The second kappa shape index (κ2) is 4.15. The largest absolute Gasteiger partial charge is 0.362 e. The van der Waals surface area contributed by atoms with E-state index in [1.165, 1.54) is 0 Å². The van der Waals surface area contributed by atoms with Gasteiger partial charge in [0.1, 0.15) is 0 Å². The van der Waals surface area contributed by atoms with Crippen molar-refractivity contribution >= 4 is 16.5 Å². The van der Waals surface area contributed by atoms with Crippen molar-refractivity contribution < 1.29 is 0 Å². The molecule has 2 aromatic rings. The highest BCUT2D eigenvalue weighted by Crippen LogP contribution is 2.25. The van der Waals surface area contributed by atoms with E-state index >= 15 is 0 Å². The van der Waals surface area contributed by atoms with Gasteiger partial charge in [0.05, 0.1) is 17.3 Å². The standard InChI is InChI=1S/C9H9N4S/c1-2-10-9-13-6-7(14-9)8-11-4-3-5-12-8/h3-4,6H,2H2,1H3,(H,10,13). The van der Waals surface area contributed by atoms with E-state index < -0.39 is 0 Å². The summed E-state index contributed by atoms with van der Waals surface area (Å²) in [4.78, 5) is 13.3. The van der Waals surface area contributed by atoms with Crippen LogP contribution in [0.2, 0.25) is 0 Å². The minimum absolute atomic E-state index is 0.675. The molecule has 0 atom stereocenters. The SMILES string of the molecule is CCNc1ncc(-c2n[c]ccn2)s1. The third-order valence-electron chi connectivity index (χ3n) is 1.57. The molecule has 0 spiro atoms. The average Bonchev–Trinajstić information content (AvgIpc) is 2.68. The zero-order valence-electron chi connectivity index (χ0n) is 7.69. The number of thiazole rings is 1. The van der Waals surface area contributed by atoms with E-state index in [4.69, 9.17) is 0 Å². The molecule has 0 saturated carbocycles. The van der Waals surface area contributed by atoms with Gasteiger partial charge in [-0.05, 0) is 13.0 Å². The Morgan fingerprint density at radius 2 is 2.43 bits per heavy atom. The summed E-state index contributed by atoms with van der Waals surface area (Å²) in [5.74, 6) is 0.675. The summed E-state index contributed by atoms with van der Waals surface area (Å²) in [6.45, 7) is 2.91. The van der Waals surface area contributed by atoms with Crippen LogP contribution in [0.3, 0.4) is 0 Å². The van der Waals surface area contributed by atoms with Crippen LogP contribution in [0.25, 0.3) is 10.7 Å². The van der Waals surface area contributed by atoms with Crippen molar-refractivity contribution in [3.63, 3.8) is 0 Å². The van der Waals surface area contributed by atoms with E-state index in [2.05, 4.69) is 26.5 Å². The number of rotatable bonds is 3. The Hall–Kier alpha value is -1.49. The van der Waals surface area contributed by atoms with E-state index in [1.54, 1.807) is 29.8 Å². The molecule has 71 valence electrons. The first-order valence-corrected chi connectivity index (χ1v) is 5.11. The van der Waals surface area contributed by atoms with Crippen molar-refractivity contribution in [2.75, 3.05) is 11.9 Å². The van der Waals surface area contributed by atoms with Gasteiger partial charge in [0.25, 0.3) is 0 Å². The molecule has 0 saturated heterocycles. The van der Waals surface area contributed by atoms with Gasteiger partial charge in [-0.2, -0.15) is 0 Å². The van der Waals surface area contributed by atoms with Crippen LogP contribution in [0.15, 0.2) is 18.5 Å². The van der Waals surface area contributed by atoms with Gasteiger partial charge in [-0.25, -0.2) is 15.0 Å². The molecule has 0 aliphatic carbocycles. The average molecular weight is 205 g/mol. The van der Waals surface area contributed by atoms with E-state index in [-0.39, 0.29) is 0 Å². The first-order valence-electron chi connectivity index (χ1n) is 4.29. The molecule has 2 rings (SSSR count). The molecule has 0 fully saturated rings. The van der Waals surface area contributed by atoms with Gasteiger partial charge in [-0.1, -0.05) is 11.3 Å². The fraction of sp³-hybridized carbons (Fsp3) is 0.222. The van der Waals surface area contributed by atoms with Crippen molar-refractivity contribution in [2.24, 2.45) is 0 Å². The summed E-state index contributed by atoms with van der Waals surface area (Å²) in [7, 11) is 0. The molecule has 14 heavy (non-hydrogen) atoms. The minimum atomic E-state index is 0.675. The first-order chi connectivity index (χ1) is 6.90. The summed E-state index contributed by atoms with van der Waals surface area (Å²) in [6.07, 6.45) is 6.19. The maximum atomic E-state index is 4.20. The Bertz CT molecular complexity index is 398. The lowest BCUT2D eigenvalue weighted by Gasteiger charge is -1.93. The van der Waals surface area contributed by atoms with Crippen LogP contribution >= 0.6 is 11.3 Å². The van der Waals surface area contributed by atoms with Gasteiger partial charge in [-0.3, -0.25) is 0 Å². The Balaban J connectivity index is 2.25. The van der Waals surface area contributed by atoms with Gasteiger partial charge >= 0.3 is 0 Å². The second-order valence-electron chi connectivity index (χ2n) is 2.57. The monoisotopic (exact) mass is 205 g/mol. The molecule has 2 heterocycles. The molecule has 1 radical (unpaired) electrons. The predicted octanol–water partition coefficient (Wildman–Crippen LogP) is 1.83. The molecule has 0 bridgehead atoms. The second-order valence-corrected chi connectivity index (χ2v) is 3.60. The lowest BCUT2D eigenvalue weighted by molar-refractivity contribution is 1.17. The first kappa shape index (κ1) is 9.08. The van der Waals surface area contributed by atoms with Crippen molar-refractivity contribution in [1.82, 2.24) is 15.0 Å². The smallest absolute Gasteiger partial charge is 0.183 e. The fourth-order valence-corrected chi connectivity index (χ4v) is 1.82. The molecule has 5 heteroatoms. The minimum Gasteiger partial charge on any atom is -0.362 e. The fourth-order valence-electron chi connectivity index (χ4n) is 0.998. The number of aromatic nitrogens is 3. The summed E-state index contributed by atoms with van der Waals surface area (Å²) >= 11 is 1.54. The molecule has 0 amide bonds. The Morgan fingerprint density at radius 3 is 3.14 bits per heavy atom. The highest BCUT2D eigenvalue weighted by molar-refractivity contribution is 7.18. The van der Waals surface area contributed by atoms with Crippen molar-refractivity contribution in [3.05, 3.63) is 24.7 Å². The lowest BCUT2D eigenvalue weighted by Crippen LogP contribution is -1.94. The molecular formula is C9H9N4S. The Labute approximate surface area is 86.1 Å². The van der Waals surface area contributed by atoms with E-state index in [9.17, 15) is 0 Å². The normalized spacial score (nSPS) is 10.1. The van der Waals surface area contributed by atoms with Crippen LogP contribution in [0.4, 0.5) is 5.13 Å². The predicted molar refractivity (Wildman–Crippen MR) is 56.1 cm³/mol. The maximum absolute atomic E-state index is 4.20. The van der Waals surface area contributed by atoms with E-state index in [0.717, 1.165) is 16.6 Å². The van der Waals surface area contributed by atoms with Crippen molar-refractivity contribution in [1.29, 1.82) is 0 Å². The summed E-state index contributed by atoms with van der Waals surface area (Å²) < 4.78 is 0. The Kier molecular flexibility index (Phi) is 2.69. The van der Waals surface area contributed by atoms with Gasteiger partial charge in [0.15, 0.2) is 11.0 Å². The highest BCUT2D eigenvalue weighted by atomic mass is 32.1. The molecule has 0 aromatic carbocycles. The van der Waals surface area contributed by atoms with E-state index in [0.29, 0.717) is 5.82 Å². The van der Waals surface area contributed by atoms with Crippen LogP contribution in [0.5, 0.6) is 0 Å². The van der Waals surface area contributed by atoms with Crippen LogP contribution in [0.1, 0.15) is 6.92 Å². The summed E-state index contributed by atoms with van der Waals surface area (Å²) in [6, 6.07) is 1.68. The zero-order valence-corrected chi connectivity index (χ0v) is 8.51. The topological polar surface area (TPSA) is 50.7 Å². The molecule has 2 aromatic heterocycles. The van der Waals surface area contributed by atoms with E-state index in [1.807, 2.05) is 6.92 Å². The van der Waals surface area contributed by atoms with Crippen molar-refractivity contribution in [2.45, 2.75) is 6.92 Å². The van der Waals surface area contributed by atoms with Crippen LogP contribution < -0.4 is 5.32 Å². The highest BCUT2D eigenvalue weighted by Gasteiger charge is 2.04. The number of hydrogen-bond donors (Lipinski definition) is 1. The Morgan fingerprint density at radius 1 is 1.50 bits per heavy atom. The lowest BCUT2D eigenvalue weighted by atomic mass is 10.5. The number of anilines is 1. The van der Waals surface area contributed by atoms with Gasteiger partial charge < -0.3 is 5.32 Å². The van der Waals surface area contributed by atoms with Crippen LogP contribution in [-0.2, 0) is 0 Å². The van der Waals surface area contributed by atoms with Gasteiger partial charge in [0, 0.05) is 12.7 Å². The number of nitrogens with one attached hydrogen (secondary N) is 1. The number of hydrogen-bond acceptors (Lipinski definition) is 5. The quantitative estimate of drug-likeness (QED) is 0.830. The third kappa shape index (κ3) is 1.88. The van der Waals surface area contributed by atoms with Crippen LogP contribution in [0, 0.1) is 6.20 Å². The zero-order chi connectivity index (χ0) is 9.80. The number of nitrogens with zero attached hydrogens (tertiary/aromatic N) is 3. The molecule has 0 aliphatic heterocycles. The molecule has 4 nitrogen and oxygen atoms in total. The summed E-state index contributed by atoms with van der Waals surface area (Å²) in [5, 5.41) is 4.04. The molecular weight excluding hydrogens is 196 g/mol. The third-order valence-corrected chi connectivity index (χ3v) is 2.52. The summed E-state index contributed by atoms with van der Waals surface area (Å²) in [5.41, 5.74) is 0.